The molecule has 0 saturated carbocycles. The minimum absolute atomic E-state index is 0.158. The molecular formula is C10H10ClNO2S. The molecule has 1 rings (SSSR count). The van der Waals surface area contributed by atoms with Crippen LogP contribution in [0, 0.1) is 0 Å². The van der Waals surface area contributed by atoms with Crippen LogP contribution in [0.1, 0.15) is 16.6 Å². The van der Waals surface area contributed by atoms with E-state index >= 15 is 0 Å². The van der Waals surface area contributed by atoms with E-state index in [1.165, 1.54) is 17.4 Å². The van der Waals surface area contributed by atoms with Gasteiger partial charge in [-0.3, -0.25) is 9.59 Å². The summed E-state index contributed by atoms with van der Waals surface area (Å²) < 4.78 is 0. The molecule has 1 amide bonds. The van der Waals surface area contributed by atoms with Gasteiger partial charge in [0.1, 0.15) is 5.38 Å². The van der Waals surface area contributed by atoms with Crippen molar-refractivity contribution in [1.82, 2.24) is 0 Å². The summed E-state index contributed by atoms with van der Waals surface area (Å²) in [6.45, 7) is 1.61. The highest BCUT2D eigenvalue weighted by molar-refractivity contribution is 7.12. The normalized spacial score (nSPS) is 13.6. The maximum Gasteiger partial charge on any atom is 0.239 e. The standard InChI is InChI=1S/C10H10ClNO2S/c1-6(9(11)10(12)14)5-7(13)8-3-2-4-15-8/h2-5,9H,1H3,(H2,12,14)/b6-5+. The van der Waals surface area contributed by atoms with Gasteiger partial charge in [-0.2, -0.15) is 0 Å². The van der Waals surface area contributed by atoms with Gasteiger partial charge in [-0.05, 0) is 30.0 Å². The monoisotopic (exact) mass is 243 g/mol. The molecule has 0 saturated heterocycles. The van der Waals surface area contributed by atoms with Crippen LogP contribution in [-0.2, 0) is 4.79 Å². The number of nitrogens with two attached hydrogens (primary N) is 1. The lowest BCUT2D eigenvalue weighted by Crippen LogP contribution is -2.24. The Labute approximate surface area is 96.5 Å². The third-order valence-corrected chi connectivity index (χ3v) is 3.22. The second kappa shape index (κ2) is 5.09. The van der Waals surface area contributed by atoms with E-state index in [0.29, 0.717) is 10.5 Å². The van der Waals surface area contributed by atoms with Crippen LogP contribution in [0.25, 0.3) is 0 Å². The van der Waals surface area contributed by atoms with Crippen LogP contribution >= 0.6 is 22.9 Å². The predicted octanol–water partition coefficient (Wildman–Crippen LogP) is 1.97. The second-order valence-electron chi connectivity index (χ2n) is 2.99. The summed E-state index contributed by atoms with van der Waals surface area (Å²) in [7, 11) is 0. The van der Waals surface area contributed by atoms with Gasteiger partial charge >= 0.3 is 0 Å². The quantitative estimate of drug-likeness (QED) is 0.499. The van der Waals surface area contributed by atoms with Crippen LogP contribution < -0.4 is 5.73 Å². The molecule has 0 bridgehead atoms. The van der Waals surface area contributed by atoms with Crippen LogP contribution in [0.3, 0.4) is 0 Å². The molecule has 1 atom stereocenters. The van der Waals surface area contributed by atoms with Crippen LogP contribution in [0.5, 0.6) is 0 Å². The first kappa shape index (κ1) is 11.9. The first-order chi connectivity index (χ1) is 7.02. The van der Waals surface area contributed by atoms with Crippen LogP contribution in [0.15, 0.2) is 29.2 Å². The van der Waals surface area contributed by atoms with E-state index in [-0.39, 0.29) is 5.78 Å². The number of alkyl halides is 1. The van der Waals surface area contributed by atoms with Gasteiger partial charge in [0.25, 0.3) is 0 Å². The van der Waals surface area contributed by atoms with Crippen molar-refractivity contribution in [2.45, 2.75) is 12.3 Å². The highest BCUT2D eigenvalue weighted by Crippen LogP contribution is 2.14. The Morgan fingerprint density at radius 3 is 2.73 bits per heavy atom. The molecule has 2 N–H and O–H groups in total. The second-order valence-corrected chi connectivity index (χ2v) is 4.38. The molecule has 0 spiro atoms. The number of rotatable bonds is 4. The molecular weight excluding hydrogens is 234 g/mol. The van der Waals surface area contributed by atoms with E-state index < -0.39 is 11.3 Å². The van der Waals surface area contributed by atoms with Crippen molar-refractivity contribution in [3.05, 3.63) is 34.0 Å². The predicted molar refractivity (Wildman–Crippen MR) is 61.2 cm³/mol. The SMILES string of the molecule is C/C(=C\C(=O)c1cccs1)C(Cl)C(N)=O. The van der Waals surface area contributed by atoms with Crippen molar-refractivity contribution in [2.24, 2.45) is 5.73 Å². The number of allylic oxidation sites excluding steroid dienone is 1. The minimum Gasteiger partial charge on any atom is -0.368 e. The average molecular weight is 244 g/mol. The molecule has 1 aromatic rings. The smallest absolute Gasteiger partial charge is 0.239 e. The molecule has 0 aliphatic heterocycles. The maximum absolute atomic E-state index is 11.6. The molecule has 0 radical (unpaired) electrons. The van der Waals surface area contributed by atoms with Crippen molar-refractivity contribution >= 4 is 34.6 Å². The fourth-order valence-electron chi connectivity index (χ4n) is 0.994. The zero-order valence-corrected chi connectivity index (χ0v) is 9.64. The van der Waals surface area contributed by atoms with Gasteiger partial charge in [-0.1, -0.05) is 6.07 Å². The highest BCUT2D eigenvalue weighted by Gasteiger charge is 2.15. The highest BCUT2D eigenvalue weighted by atomic mass is 35.5. The van der Waals surface area contributed by atoms with Gasteiger partial charge in [-0.15, -0.1) is 22.9 Å². The zero-order chi connectivity index (χ0) is 11.4. The summed E-state index contributed by atoms with van der Waals surface area (Å²) in [5, 5.41) is 0.886. The Hall–Kier alpha value is -1.13. The van der Waals surface area contributed by atoms with Crippen molar-refractivity contribution in [2.75, 3.05) is 0 Å². The number of carbonyl (C=O) groups is 2. The number of primary amides is 1. The van der Waals surface area contributed by atoms with Crippen LogP contribution in [0.2, 0.25) is 0 Å². The van der Waals surface area contributed by atoms with E-state index in [1.54, 1.807) is 19.1 Å². The molecule has 3 nitrogen and oxygen atoms in total. The fourth-order valence-corrected chi connectivity index (χ4v) is 1.69. The molecule has 0 aromatic carbocycles. The van der Waals surface area contributed by atoms with E-state index in [2.05, 4.69) is 0 Å². The van der Waals surface area contributed by atoms with Gasteiger partial charge in [0.05, 0.1) is 4.88 Å². The molecule has 0 fully saturated rings. The molecule has 15 heavy (non-hydrogen) atoms. The zero-order valence-electron chi connectivity index (χ0n) is 8.07. The third kappa shape index (κ3) is 3.18. The summed E-state index contributed by atoms with van der Waals surface area (Å²) in [5.74, 6) is -0.807. The lowest BCUT2D eigenvalue weighted by atomic mass is 10.1. The van der Waals surface area contributed by atoms with Gasteiger partial charge < -0.3 is 5.73 Å². The Morgan fingerprint density at radius 1 is 1.60 bits per heavy atom. The van der Waals surface area contributed by atoms with Crippen molar-refractivity contribution in [3.8, 4) is 0 Å². The Morgan fingerprint density at radius 2 is 2.27 bits per heavy atom. The summed E-state index contributed by atoms with van der Waals surface area (Å²) in [5.41, 5.74) is 5.47. The number of halogens is 1. The third-order valence-electron chi connectivity index (χ3n) is 1.77. The van der Waals surface area contributed by atoms with Crippen LogP contribution in [-0.4, -0.2) is 17.1 Å². The van der Waals surface area contributed by atoms with Gasteiger partial charge in [0.15, 0.2) is 5.78 Å². The average Bonchev–Trinajstić information content (AvgIpc) is 2.68. The van der Waals surface area contributed by atoms with E-state index in [0.717, 1.165) is 0 Å². The molecule has 0 aliphatic rings. The molecule has 5 heteroatoms. The number of hydrogen-bond donors (Lipinski definition) is 1. The topological polar surface area (TPSA) is 60.2 Å². The Bertz CT molecular complexity index is 398. The molecule has 80 valence electrons. The number of thiophene rings is 1. The van der Waals surface area contributed by atoms with Gasteiger partial charge in [0, 0.05) is 0 Å². The number of ketones is 1. The fraction of sp³-hybridized carbons (Fsp3) is 0.200. The van der Waals surface area contributed by atoms with E-state index in [9.17, 15) is 9.59 Å². The van der Waals surface area contributed by atoms with E-state index in [4.69, 9.17) is 17.3 Å². The minimum atomic E-state index is -0.922. The molecule has 1 unspecified atom stereocenters. The summed E-state index contributed by atoms with van der Waals surface area (Å²) >= 11 is 7.02. The molecule has 1 heterocycles. The van der Waals surface area contributed by atoms with Gasteiger partial charge in [0.2, 0.25) is 5.91 Å². The first-order valence-electron chi connectivity index (χ1n) is 4.22. The lowest BCUT2D eigenvalue weighted by Gasteiger charge is -2.04. The van der Waals surface area contributed by atoms with Crippen molar-refractivity contribution in [3.63, 3.8) is 0 Å². The van der Waals surface area contributed by atoms with Crippen LogP contribution in [0.4, 0.5) is 0 Å². The Kier molecular flexibility index (Phi) is 4.05. The lowest BCUT2D eigenvalue weighted by molar-refractivity contribution is -0.117. The number of carbonyl (C=O) groups excluding carboxylic acids is 2. The first-order valence-corrected chi connectivity index (χ1v) is 5.53. The largest absolute Gasteiger partial charge is 0.368 e. The Balaban J connectivity index is 2.80. The molecule has 0 aliphatic carbocycles. The van der Waals surface area contributed by atoms with E-state index in [1.807, 2.05) is 5.38 Å². The summed E-state index contributed by atoms with van der Waals surface area (Å²) in [6.07, 6.45) is 1.34. The van der Waals surface area contributed by atoms with Crippen molar-refractivity contribution in [1.29, 1.82) is 0 Å². The molecule has 1 aromatic heterocycles. The maximum atomic E-state index is 11.6. The summed E-state index contributed by atoms with van der Waals surface area (Å²) in [4.78, 5) is 22.9. The number of hydrogen-bond acceptors (Lipinski definition) is 3. The number of amides is 1. The summed E-state index contributed by atoms with van der Waals surface area (Å²) in [6, 6.07) is 3.50. The van der Waals surface area contributed by atoms with Crippen molar-refractivity contribution < 1.29 is 9.59 Å². The van der Waals surface area contributed by atoms with Gasteiger partial charge in [-0.25, -0.2) is 0 Å².